The molecule has 6 nitrogen and oxygen atoms in total. The Bertz CT molecular complexity index is 705. The van der Waals surface area contributed by atoms with Crippen LogP contribution < -0.4 is 0 Å². The first kappa shape index (κ1) is 18.9. The number of allylic oxidation sites excluding steroid dienone is 1. The lowest BCUT2D eigenvalue weighted by molar-refractivity contribution is -0.208. The third-order valence-corrected chi connectivity index (χ3v) is 5.75. The van der Waals surface area contributed by atoms with Crippen molar-refractivity contribution in [2.75, 3.05) is 0 Å². The van der Waals surface area contributed by atoms with E-state index in [2.05, 4.69) is 6.58 Å². The number of hydrogen-bond acceptors (Lipinski definition) is 6. The van der Waals surface area contributed by atoms with Crippen molar-refractivity contribution in [2.45, 2.75) is 64.6 Å². The highest BCUT2D eigenvalue weighted by Crippen LogP contribution is 2.44. The van der Waals surface area contributed by atoms with Crippen LogP contribution in [0, 0.1) is 11.8 Å². The van der Waals surface area contributed by atoms with Gasteiger partial charge in [0.2, 0.25) is 0 Å². The summed E-state index contributed by atoms with van der Waals surface area (Å²) in [6, 6.07) is 0. The number of carbonyl (C=O) groups excluding carboxylic acids is 2. The van der Waals surface area contributed by atoms with Crippen molar-refractivity contribution in [3.63, 3.8) is 0 Å². The quantitative estimate of drug-likeness (QED) is 0.462. The van der Waals surface area contributed by atoms with Gasteiger partial charge in [0.15, 0.2) is 5.79 Å². The first-order valence-electron chi connectivity index (χ1n) is 8.99. The lowest BCUT2D eigenvalue weighted by Crippen LogP contribution is -2.40. The average molecular weight is 362 g/mol. The number of rotatable bonds is 2. The van der Waals surface area contributed by atoms with E-state index < -0.39 is 35.9 Å². The fraction of sp³-hybridized carbons (Fsp3) is 0.600. The number of carbonyl (C=O) groups is 2. The minimum Gasteiger partial charge on any atom is -0.458 e. The highest BCUT2D eigenvalue weighted by molar-refractivity contribution is 5.91. The fourth-order valence-corrected chi connectivity index (χ4v) is 3.92. The molecule has 3 aliphatic heterocycles. The van der Waals surface area contributed by atoms with Gasteiger partial charge >= 0.3 is 11.9 Å². The van der Waals surface area contributed by atoms with Gasteiger partial charge in [0.05, 0.1) is 12.0 Å². The molecule has 0 aromatic rings. The molecule has 26 heavy (non-hydrogen) atoms. The molecule has 3 rings (SSSR count). The molecule has 0 radical (unpaired) electrons. The molecule has 2 fully saturated rings. The molecule has 0 aliphatic carbocycles. The van der Waals surface area contributed by atoms with Gasteiger partial charge in [-0.1, -0.05) is 19.6 Å². The highest BCUT2D eigenvalue weighted by atomic mass is 16.6. The third-order valence-electron chi connectivity index (χ3n) is 5.75. The summed E-state index contributed by atoms with van der Waals surface area (Å²) in [7, 11) is 0. The Kier molecular flexibility index (Phi) is 4.84. The zero-order chi connectivity index (χ0) is 19.2. The van der Waals surface area contributed by atoms with Crippen LogP contribution in [0.3, 0.4) is 0 Å². The van der Waals surface area contributed by atoms with Crippen molar-refractivity contribution < 1.29 is 28.9 Å². The third kappa shape index (κ3) is 3.12. The van der Waals surface area contributed by atoms with E-state index in [1.54, 1.807) is 26.0 Å². The topological polar surface area (TPSA) is 82.1 Å². The SMILES string of the molecule is C=C1C(=O)O[C@@H]2C[C@H]3O[C@@](O)(C=C3C)[C@H](C)C[C@H](OC(=O)/C(C)=C\C)[C@@H]12. The van der Waals surface area contributed by atoms with Crippen LogP contribution >= 0.6 is 0 Å². The van der Waals surface area contributed by atoms with Crippen LogP contribution in [0.1, 0.15) is 40.5 Å². The molecule has 2 saturated heterocycles. The molecule has 6 atom stereocenters. The zero-order valence-corrected chi connectivity index (χ0v) is 15.7. The van der Waals surface area contributed by atoms with Crippen LogP contribution in [0.5, 0.6) is 0 Å². The Morgan fingerprint density at radius 3 is 2.81 bits per heavy atom. The van der Waals surface area contributed by atoms with Gasteiger partial charge in [0.1, 0.15) is 12.2 Å². The Hall–Kier alpha value is -1.92. The largest absolute Gasteiger partial charge is 0.458 e. The predicted octanol–water partition coefficient (Wildman–Crippen LogP) is 2.43. The summed E-state index contributed by atoms with van der Waals surface area (Å²) in [5.74, 6) is -3.11. The molecule has 3 heterocycles. The van der Waals surface area contributed by atoms with E-state index in [0.29, 0.717) is 24.0 Å². The molecule has 142 valence electrons. The molecule has 0 unspecified atom stereocenters. The molecule has 1 N–H and O–H groups in total. The van der Waals surface area contributed by atoms with E-state index in [4.69, 9.17) is 14.2 Å². The molecule has 0 spiro atoms. The Morgan fingerprint density at radius 2 is 2.15 bits per heavy atom. The second kappa shape index (κ2) is 6.67. The lowest BCUT2D eigenvalue weighted by Gasteiger charge is -2.32. The van der Waals surface area contributed by atoms with Gasteiger partial charge in [-0.3, -0.25) is 0 Å². The van der Waals surface area contributed by atoms with E-state index in [1.807, 2.05) is 13.8 Å². The van der Waals surface area contributed by atoms with E-state index >= 15 is 0 Å². The van der Waals surface area contributed by atoms with Crippen LogP contribution in [0.2, 0.25) is 0 Å². The van der Waals surface area contributed by atoms with E-state index in [0.717, 1.165) is 5.57 Å². The van der Waals surface area contributed by atoms with E-state index in [-0.39, 0.29) is 12.0 Å². The molecule has 6 heteroatoms. The average Bonchev–Trinajstić information content (AvgIpc) is 3.03. The number of hydrogen-bond donors (Lipinski definition) is 1. The minimum absolute atomic E-state index is 0.310. The Morgan fingerprint density at radius 1 is 1.46 bits per heavy atom. The number of fused-ring (bicyclic) bond motifs is 3. The fourth-order valence-electron chi connectivity index (χ4n) is 3.92. The van der Waals surface area contributed by atoms with Gasteiger partial charge in [-0.2, -0.15) is 0 Å². The monoisotopic (exact) mass is 362 g/mol. The number of ether oxygens (including phenoxy) is 3. The molecule has 0 aromatic heterocycles. The summed E-state index contributed by atoms with van der Waals surface area (Å²) >= 11 is 0. The summed E-state index contributed by atoms with van der Waals surface area (Å²) in [4.78, 5) is 24.5. The predicted molar refractivity (Wildman–Crippen MR) is 93.8 cm³/mol. The molecular formula is C20H26O6. The van der Waals surface area contributed by atoms with Crippen molar-refractivity contribution in [3.8, 4) is 0 Å². The minimum atomic E-state index is -1.42. The van der Waals surface area contributed by atoms with E-state index in [9.17, 15) is 14.7 Å². The molecule has 0 amide bonds. The summed E-state index contributed by atoms with van der Waals surface area (Å²) in [5, 5.41) is 10.9. The van der Waals surface area contributed by atoms with Gasteiger partial charge in [0, 0.05) is 23.5 Å². The molecule has 2 bridgehead atoms. The van der Waals surface area contributed by atoms with Gasteiger partial charge in [-0.25, -0.2) is 9.59 Å². The Labute approximate surface area is 153 Å². The normalized spacial score (nSPS) is 40.1. The van der Waals surface area contributed by atoms with Crippen LogP contribution in [0.15, 0.2) is 35.5 Å². The summed E-state index contributed by atoms with van der Waals surface area (Å²) in [6.45, 7) is 11.0. The second-order valence-electron chi connectivity index (χ2n) is 7.53. The van der Waals surface area contributed by atoms with Crippen molar-refractivity contribution in [1.82, 2.24) is 0 Å². The maximum absolute atomic E-state index is 12.3. The maximum Gasteiger partial charge on any atom is 0.334 e. The van der Waals surface area contributed by atoms with Crippen molar-refractivity contribution in [1.29, 1.82) is 0 Å². The van der Waals surface area contributed by atoms with Gasteiger partial charge in [-0.05, 0) is 38.8 Å². The summed E-state index contributed by atoms with van der Waals surface area (Å²) < 4.78 is 17.1. The van der Waals surface area contributed by atoms with Crippen LogP contribution in [0.4, 0.5) is 0 Å². The van der Waals surface area contributed by atoms with E-state index in [1.165, 1.54) is 0 Å². The molecular weight excluding hydrogens is 336 g/mol. The van der Waals surface area contributed by atoms with Gasteiger partial charge < -0.3 is 19.3 Å². The number of aliphatic hydroxyl groups is 1. The van der Waals surface area contributed by atoms with Crippen molar-refractivity contribution in [2.24, 2.45) is 11.8 Å². The number of esters is 2. The molecule has 3 aliphatic rings. The maximum atomic E-state index is 12.3. The van der Waals surface area contributed by atoms with Gasteiger partial charge in [-0.15, -0.1) is 0 Å². The first-order valence-corrected chi connectivity index (χ1v) is 8.99. The molecule has 0 saturated carbocycles. The van der Waals surface area contributed by atoms with Crippen LogP contribution in [-0.4, -0.2) is 41.1 Å². The first-order chi connectivity index (χ1) is 12.2. The Balaban J connectivity index is 1.97. The van der Waals surface area contributed by atoms with Crippen molar-refractivity contribution >= 4 is 11.9 Å². The zero-order valence-electron chi connectivity index (χ0n) is 15.7. The summed E-state index contributed by atoms with van der Waals surface area (Å²) in [6.07, 6.45) is 2.63. The lowest BCUT2D eigenvalue weighted by atomic mass is 9.81. The molecule has 0 aromatic carbocycles. The highest BCUT2D eigenvalue weighted by Gasteiger charge is 2.52. The summed E-state index contributed by atoms with van der Waals surface area (Å²) in [5.41, 5.74) is 1.70. The standard InChI is InChI=1S/C20H26O6/c1-6-10(2)18(21)24-15-7-12(4)20(23)9-11(3)14(26-20)8-16-17(15)13(5)19(22)25-16/h6,9,12,14-17,23H,5,7-8H2,1-4H3/b10-6-/t12-,14-,15+,16-,17-,20+/m1/s1. The smallest absolute Gasteiger partial charge is 0.334 e. The van der Waals surface area contributed by atoms with Gasteiger partial charge in [0.25, 0.3) is 0 Å². The van der Waals surface area contributed by atoms with Crippen LogP contribution in [-0.2, 0) is 23.8 Å². The second-order valence-corrected chi connectivity index (χ2v) is 7.53. The van der Waals surface area contributed by atoms with Crippen molar-refractivity contribution in [3.05, 3.63) is 35.5 Å². The van der Waals surface area contributed by atoms with Crippen LogP contribution in [0.25, 0.3) is 0 Å².